The minimum absolute atomic E-state index is 0.0377. The molecular weight excluding hydrogens is 984 g/mol. The molecule has 0 spiro atoms. The normalized spacial score (nSPS) is 61.3. The molecule has 72 heavy (non-hydrogen) atoms. The third-order valence-electron chi connectivity index (χ3n) is 16.0. The Labute approximate surface area is 407 Å². The molecule has 26 aliphatic rings. The van der Waals surface area contributed by atoms with E-state index in [-0.39, 0.29) is 33.0 Å². The molecule has 0 aromatic rings. The van der Waals surface area contributed by atoms with Crippen LogP contribution in [0.2, 0.25) is 0 Å². The van der Waals surface area contributed by atoms with Crippen LogP contribution in [-0.4, -0.2) is 317 Å². The lowest BCUT2D eigenvalue weighted by Gasteiger charge is -2.48. The zero-order valence-corrected chi connectivity index (χ0v) is 37.8. The van der Waals surface area contributed by atoms with E-state index in [1.165, 1.54) is 0 Å². The van der Waals surface area contributed by atoms with Crippen molar-refractivity contribution in [2.45, 2.75) is 215 Å². The van der Waals surface area contributed by atoms with Crippen molar-refractivity contribution in [2.24, 2.45) is 0 Å². The van der Waals surface area contributed by atoms with Gasteiger partial charge in [-0.3, -0.25) is 0 Å². The molecule has 26 rings (SSSR count). The second kappa shape index (κ2) is 19.6. The molecule has 11 N–H and O–H groups in total. The quantitative estimate of drug-likeness (QED) is 0.122. The van der Waals surface area contributed by atoms with E-state index >= 15 is 0 Å². The van der Waals surface area contributed by atoms with Crippen molar-refractivity contribution in [3.63, 3.8) is 0 Å². The van der Waals surface area contributed by atoms with Crippen molar-refractivity contribution in [3.05, 3.63) is 0 Å². The maximum Gasteiger partial charge on any atom is 0.187 e. The average Bonchev–Trinajstić information content (AvgIpc) is 4.13. The maximum atomic E-state index is 11.5. The summed E-state index contributed by atoms with van der Waals surface area (Å²) in [6.07, 6.45) is -46.7. The molecule has 30 nitrogen and oxygen atoms in total. The zero-order chi connectivity index (χ0) is 49.6. The van der Waals surface area contributed by atoms with Gasteiger partial charge in [0.2, 0.25) is 0 Å². The fraction of sp³-hybridized carbons (Fsp3) is 1.00. The summed E-state index contributed by atoms with van der Waals surface area (Å²) in [6, 6.07) is 0. The number of rotatable bonds is 2. The molecule has 30 heteroatoms. The van der Waals surface area contributed by atoms with Gasteiger partial charge >= 0.3 is 0 Å². The Kier molecular flexibility index (Phi) is 13.7. The van der Waals surface area contributed by atoms with Gasteiger partial charge in [-0.1, -0.05) is 0 Å². The number of hydrogen-bond donors (Lipinski definition) is 11. The van der Waals surface area contributed by atoms with E-state index in [0.717, 1.165) is 0 Å². The van der Waals surface area contributed by atoms with Crippen molar-refractivity contribution in [1.82, 2.24) is 0 Å². The number of hydrogen-bond acceptors (Lipinski definition) is 30. The van der Waals surface area contributed by atoms with Gasteiger partial charge in [-0.2, -0.15) is 0 Å². The van der Waals surface area contributed by atoms with E-state index in [4.69, 9.17) is 90.0 Å². The number of ether oxygens (including phenoxy) is 19. The first-order chi connectivity index (χ1) is 34.8. The van der Waals surface area contributed by atoms with Crippen LogP contribution in [0.3, 0.4) is 0 Å². The van der Waals surface area contributed by atoms with Crippen LogP contribution in [-0.2, 0) is 90.0 Å². The van der Waals surface area contributed by atoms with Crippen LogP contribution in [0, 0.1) is 0 Å². The van der Waals surface area contributed by atoms with E-state index in [9.17, 15) is 56.2 Å². The number of aliphatic hydroxyl groups excluding tert-OH is 11. The van der Waals surface area contributed by atoms with Crippen molar-refractivity contribution < 1.29 is 146 Å². The molecule has 35 atom stereocenters. The van der Waals surface area contributed by atoms with E-state index in [1.807, 2.05) is 0 Å². The molecule has 0 aromatic carbocycles. The van der Waals surface area contributed by atoms with E-state index in [1.54, 1.807) is 0 Å². The highest BCUT2D eigenvalue weighted by Crippen LogP contribution is 2.44. The molecule has 0 aliphatic carbocycles. The number of aliphatic hydroxyl groups is 11. The van der Waals surface area contributed by atoms with Gasteiger partial charge in [0.15, 0.2) is 44.0 Å². The second-order valence-corrected chi connectivity index (χ2v) is 20.3. The molecule has 26 fully saturated rings. The van der Waals surface area contributed by atoms with Gasteiger partial charge in [-0.25, -0.2) is 0 Å². The van der Waals surface area contributed by atoms with Gasteiger partial charge < -0.3 is 146 Å². The van der Waals surface area contributed by atoms with E-state index < -0.39 is 228 Å². The lowest BCUT2D eigenvalue weighted by atomic mass is 9.96. The third-order valence-corrected chi connectivity index (χ3v) is 16.0. The highest BCUT2D eigenvalue weighted by atomic mass is 16.8. The monoisotopic (exact) mass is 1040 g/mol. The Morgan fingerprint density at radius 2 is 0.431 bits per heavy atom. The van der Waals surface area contributed by atoms with Crippen molar-refractivity contribution >= 4 is 0 Å². The fourth-order valence-corrected chi connectivity index (χ4v) is 12.3. The van der Waals surface area contributed by atoms with Gasteiger partial charge in [0, 0.05) is 0 Å². The van der Waals surface area contributed by atoms with Crippen molar-refractivity contribution in [3.8, 4) is 0 Å². The van der Waals surface area contributed by atoms with E-state index in [0.29, 0.717) is 0 Å². The molecule has 26 aliphatic heterocycles. The maximum absolute atomic E-state index is 11.5. The molecule has 408 valence electrons. The predicted molar refractivity (Wildman–Crippen MR) is 212 cm³/mol. The van der Waals surface area contributed by atoms with Crippen LogP contribution in [0.4, 0.5) is 0 Å². The van der Waals surface area contributed by atoms with Crippen LogP contribution in [0.5, 0.6) is 0 Å². The molecule has 26 saturated heterocycles. The summed E-state index contributed by atoms with van der Waals surface area (Å²) in [5.41, 5.74) is 0. The summed E-state index contributed by atoms with van der Waals surface area (Å²) >= 11 is 0. The highest BCUT2D eigenvalue weighted by molar-refractivity contribution is 5.06. The van der Waals surface area contributed by atoms with E-state index in [2.05, 4.69) is 0 Å². The molecule has 0 amide bonds. The Bertz CT molecular complexity index is 1900. The molecule has 0 aromatic heterocycles. The Morgan fingerprint density at radius 3 is 0.653 bits per heavy atom. The van der Waals surface area contributed by atoms with Crippen molar-refractivity contribution in [2.75, 3.05) is 46.2 Å². The predicted octanol–water partition coefficient (Wildman–Crippen LogP) is -10.0. The first-order valence-electron chi connectivity index (χ1n) is 24.4. The molecular formula is C42H60O30. The molecule has 24 bridgehead atoms. The molecule has 0 radical (unpaired) electrons. The van der Waals surface area contributed by atoms with Gasteiger partial charge in [0.25, 0.3) is 0 Å². The van der Waals surface area contributed by atoms with Crippen LogP contribution in [0.1, 0.15) is 0 Å². The van der Waals surface area contributed by atoms with Crippen molar-refractivity contribution in [1.29, 1.82) is 0 Å². The SMILES string of the molecule is OC[C@H]1O[C@@H]2O[C@H]3[C@@H]4OC[C@H]3O[C@H](O[C@H]3[C@@H]5OC[C@H]3O[C@H](O[C@H]3[C@@H]6OC[C@H]3O[C@H](O[C@H]3[C@@H]7OC[C@H]3O[C@H](O[C@H]3[C@H](O)[C@@H](O)[C@@H](O[C@H]8[C@@H]9OC[C@H]8O[C@H](O[C@H]1[C@H](O)[C@H]2O)[C@@H]9O)O[C@@H]3CO)[C@@H]7O)[C@@H]6O)[C@@H]5O)[C@@H]4O. The summed E-state index contributed by atoms with van der Waals surface area (Å²) in [4.78, 5) is 0. The average molecular weight is 1040 g/mol. The lowest BCUT2D eigenvalue weighted by Crippen LogP contribution is -2.66. The van der Waals surface area contributed by atoms with Crippen LogP contribution < -0.4 is 0 Å². The fourth-order valence-electron chi connectivity index (χ4n) is 12.3. The molecule has 26 heterocycles. The topological polar surface area (TPSA) is 398 Å². The molecule has 0 unspecified atom stereocenters. The summed E-state index contributed by atoms with van der Waals surface area (Å²) in [6.45, 7) is -1.99. The largest absolute Gasteiger partial charge is 0.394 e. The first kappa shape index (κ1) is 50.3. The second-order valence-electron chi connectivity index (χ2n) is 20.3. The minimum Gasteiger partial charge on any atom is -0.394 e. The first-order valence-corrected chi connectivity index (χ1v) is 24.4. The van der Waals surface area contributed by atoms with Crippen LogP contribution >= 0.6 is 0 Å². The minimum atomic E-state index is -1.86. The van der Waals surface area contributed by atoms with Gasteiger partial charge in [-0.15, -0.1) is 0 Å². The Hall–Kier alpha value is -1.20. The van der Waals surface area contributed by atoms with Gasteiger partial charge in [-0.05, 0) is 0 Å². The van der Waals surface area contributed by atoms with Crippen LogP contribution in [0.25, 0.3) is 0 Å². The van der Waals surface area contributed by atoms with Gasteiger partial charge in [0.05, 0.1) is 46.2 Å². The smallest absolute Gasteiger partial charge is 0.187 e. The summed E-state index contributed by atoms with van der Waals surface area (Å²) in [5.74, 6) is 0. The highest BCUT2D eigenvalue weighted by Gasteiger charge is 2.64. The third kappa shape index (κ3) is 8.25. The zero-order valence-electron chi connectivity index (χ0n) is 37.8. The summed E-state index contributed by atoms with van der Waals surface area (Å²) in [7, 11) is 0. The Morgan fingerprint density at radius 1 is 0.222 bits per heavy atom. The lowest BCUT2D eigenvalue weighted by molar-refractivity contribution is -0.379. The standard InChI is InChI=1S/C42H60O30/c43-1-8-24-16(46)18(48)37(60-8)69-27-11-4-56-33(27)21(51)40(63-11)71-29-13-6-58-35(29)23(53)42(65-13)72-30-14-7-57-34(30)22(52)41(64-14)70-28-12-5-55-32(28)20(50)39(62-12)67-25-9(2-44)59-36(17(47)15(25)45)68-26-10-3-54-31(26)19(49)38(61-10)66-24/h8-53H,1-7H2/t8-,9-,10-,11-,12-,13-,14-,15-,16-,17-,18-,19-,20-,21-,22-,23-,24-,25-,26-,27-,28-,29-,30-,31-,32-,33-,34-,35-,36-,37-,38-,39-,40-,41-,42-/m1/s1. The molecule has 0 saturated carbocycles. The van der Waals surface area contributed by atoms with Crippen LogP contribution in [0.15, 0.2) is 0 Å². The Balaban J connectivity index is 0.751. The summed E-state index contributed by atoms with van der Waals surface area (Å²) < 4.78 is 114. The summed E-state index contributed by atoms with van der Waals surface area (Å²) in [5, 5.41) is 124. The van der Waals surface area contributed by atoms with Gasteiger partial charge in [0.1, 0.15) is 171 Å².